The first kappa shape index (κ1) is 14.2. The number of hydrogen-bond acceptors (Lipinski definition) is 2. The Kier molecular flexibility index (Phi) is 5.54. The Morgan fingerprint density at radius 2 is 2.21 bits per heavy atom. The molecule has 0 unspecified atom stereocenters. The van der Waals surface area contributed by atoms with Gasteiger partial charge in [-0.25, -0.2) is 9.37 Å². The van der Waals surface area contributed by atoms with E-state index in [1.165, 1.54) is 6.07 Å². The molecule has 0 saturated carbocycles. The van der Waals surface area contributed by atoms with Gasteiger partial charge in [0.1, 0.15) is 5.82 Å². The monoisotopic (exact) mass is 325 g/mol. The Morgan fingerprint density at radius 1 is 1.32 bits per heavy atom. The van der Waals surface area contributed by atoms with Crippen molar-refractivity contribution in [2.45, 2.75) is 25.9 Å². The number of imidazole rings is 1. The zero-order valence-electron chi connectivity index (χ0n) is 10.6. The van der Waals surface area contributed by atoms with Gasteiger partial charge in [0.15, 0.2) is 0 Å². The van der Waals surface area contributed by atoms with Crippen molar-refractivity contribution >= 4 is 15.9 Å². The van der Waals surface area contributed by atoms with E-state index in [2.05, 4.69) is 30.8 Å². The predicted octanol–water partition coefficient (Wildman–Crippen LogP) is 3.35. The molecule has 1 aromatic heterocycles. The number of nitrogens with zero attached hydrogens (tertiary/aromatic N) is 2. The molecule has 1 N–H and O–H groups in total. The Bertz CT molecular complexity index is 499. The minimum absolute atomic E-state index is 0.218. The zero-order valence-corrected chi connectivity index (χ0v) is 12.2. The Labute approximate surface area is 121 Å². The van der Waals surface area contributed by atoms with Crippen LogP contribution in [0.1, 0.15) is 18.4 Å². The van der Waals surface area contributed by atoms with Crippen LogP contribution in [0.2, 0.25) is 0 Å². The molecule has 0 bridgehead atoms. The van der Waals surface area contributed by atoms with Gasteiger partial charge in [0.05, 0.1) is 10.8 Å². The van der Waals surface area contributed by atoms with E-state index in [9.17, 15) is 4.39 Å². The second-order valence-corrected chi connectivity index (χ2v) is 5.29. The smallest absolute Gasteiger partial charge is 0.137 e. The average molecular weight is 326 g/mol. The summed E-state index contributed by atoms with van der Waals surface area (Å²) in [6.07, 6.45) is 7.84. The number of aromatic nitrogens is 2. The molecule has 3 nitrogen and oxygen atoms in total. The van der Waals surface area contributed by atoms with Crippen LogP contribution in [0.4, 0.5) is 4.39 Å². The Hall–Kier alpha value is -1.20. The highest BCUT2D eigenvalue weighted by molar-refractivity contribution is 9.10. The van der Waals surface area contributed by atoms with E-state index in [0.717, 1.165) is 38.0 Å². The number of hydrogen-bond donors (Lipinski definition) is 1. The number of unbranched alkanes of at least 4 members (excludes halogenated alkanes) is 1. The molecular formula is C14H17BrFN3. The topological polar surface area (TPSA) is 29.9 Å². The first-order chi connectivity index (χ1) is 9.25. The summed E-state index contributed by atoms with van der Waals surface area (Å²) in [4.78, 5) is 4.00. The molecule has 2 aromatic rings. The molecule has 0 radical (unpaired) electrons. The lowest BCUT2D eigenvalue weighted by atomic mass is 10.2. The van der Waals surface area contributed by atoms with Gasteiger partial charge in [0, 0.05) is 25.5 Å². The standard InChI is InChI=1S/C14H17BrFN3/c15-13-9-12(3-4-14(13)16)10-17-5-1-2-7-19-8-6-18-11-19/h3-4,6,8-9,11,17H,1-2,5,7,10H2. The molecule has 0 aliphatic heterocycles. The van der Waals surface area contributed by atoms with Crippen LogP contribution in [-0.4, -0.2) is 16.1 Å². The van der Waals surface area contributed by atoms with Gasteiger partial charge < -0.3 is 9.88 Å². The summed E-state index contributed by atoms with van der Waals surface area (Å²) in [5.41, 5.74) is 1.09. The fraction of sp³-hybridized carbons (Fsp3) is 0.357. The fourth-order valence-electron chi connectivity index (χ4n) is 1.85. The summed E-state index contributed by atoms with van der Waals surface area (Å²) >= 11 is 3.19. The van der Waals surface area contributed by atoms with Gasteiger partial charge in [-0.05, 0) is 53.0 Å². The first-order valence-electron chi connectivity index (χ1n) is 6.36. The maximum Gasteiger partial charge on any atom is 0.137 e. The second-order valence-electron chi connectivity index (χ2n) is 4.43. The van der Waals surface area contributed by atoms with Gasteiger partial charge in [0.2, 0.25) is 0 Å². The number of halogens is 2. The van der Waals surface area contributed by atoms with Crippen LogP contribution in [-0.2, 0) is 13.1 Å². The lowest BCUT2D eigenvalue weighted by Crippen LogP contribution is -2.15. The average Bonchev–Trinajstić information content (AvgIpc) is 2.91. The van der Waals surface area contributed by atoms with Crippen molar-refractivity contribution in [3.05, 3.63) is 52.8 Å². The highest BCUT2D eigenvalue weighted by Gasteiger charge is 2.00. The van der Waals surface area contributed by atoms with Crippen LogP contribution < -0.4 is 5.32 Å². The lowest BCUT2D eigenvalue weighted by molar-refractivity contribution is 0.567. The number of aryl methyl sites for hydroxylation is 1. The van der Waals surface area contributed by atoms with Crippen molar-refractivity contribution < 1.29 is 4.39 Å². The van der Waals surface area contributed by atoms with Gasteiger partial charge in [0.25, 0.3) is 0 Å². The summed E-state index contributed by atoms with van der Waals surface area (Å²) in [7, 11) is 0. The van der Waals surface area contributed by atoms with Crippen molar-refractivity contribution in [3.8, 4) is 0 Å². The number of rotatable bonds is 7. The third kappa shape index (κ3) is 4.76. The van der Waals surface area contributed by atoms with E-state index in [1.807, 2.05) is 18.6 Å². The van der Waals surface area contributed by atoms with Crippen LogP contribution in [0.15, 0.2) is 41.4 Å². The number of benzene rings is 1. The van der Waals surface area contributed by atoms with E-state index < -0.39 is 0 Å². The predicted molar refractivity (Wildman–Crippen MR) is 77.3 cm³/mol. The zero-order chi connectivity index (χ0) is 13.5. The van der Waals surface area contributed by atoms with E-state index >= 15 is 0 Å². The van der Waals surface area contributed by atoms with E-state index in [-0.39, 0.29) is 5.82 Å². The summed E-state index contributed by atoms with van der Waals surface area (Å²) in [6, 6.07) is 5.10. The molecule has 102 valence electrons. The van der Waals surface area contributed by atoms with Crippen molar-refractivity contribution in [1.29, 1.82) is 0 Å². The highest BCUT2D eigenvalue weighted by atomic mass is 79.9. The molecule has 5 heteroatoms. The molecular weight excluding hydrogens is 309 g/mol. The lowest BCUT2D eigenvalue weighted by Gasteiger charge is -2.06. The maximum absolute atomic E-state index is 13.0. The van der Waals surface area contributed by atoms with E-state index in [4.69, 9.17) is 0 Å². The van der Waals surface area contributed by atoms with Crippen molar-refractivity contribution in [2.24, 2.45) is 0 Å². The number of nitrogens with one attached hydrogen (secondary N) is 1. The molecule has 0 aliphatic rings. The van der Waals surface area contributed by atoms with Gasteiger partial charge in [-0.3, -0.25) is 0 Å². The Balaban J connectivity index is 1.60. The molecule has 0 amide bonds. The van der Waals surface area contributed by atoms with Gasteiger partial charge in [-0.15, -0.1) is 0 Å². The molecule has 19 heavy (non-hydrogen) atoms. The van der Waals surface area contributed by atoms with Crippen molar-refractivity contribution in [1.82, 2.24) is 14.9 Å². The SMILES string of the molecule is Fc1ccc(CNCCCCn2ccnc2)cc1Br. The van der Waals surface area contributed by atoms with Crippen LogP contribution in [0.3, 0.4) is 0 Å². The summed E-state index contributed by atoms with van der Waals surface area (Å²) in [6.45, 7) is 2.73. The fourth-order valence-corrected chi connectivity index (χ4v) is 2.27. The summed E-state index contributed by atoms with van der Waals surface area (Å²) in [5, 5.41) is 3.36. The molecule has 0 saturated heterocycles. The molecule has 0 aliphatic carbocycles. The molecule has 0 spiro atoms. The molecule has 2 rings (SSSR count). The van der Waals surface area contributed by atoms with Crippen LogP contribution in [0.5, 0.6) is 0 Å². The van der Waals surface area contributed by atoms with Crippen molar-refractivity contribution in [2.75, 3.05) is 6.54 Å². The highest BCUT2D eigenvalue weighted by Crippen LogP contribution is 2.16. The van der Waals surface area contributed by atoms with Gasteiger partial charge in [-0.1, -0.05) is 6.07 Å². The van der Waals surface area contributed by atoms with E-state index in [1.54, 1.807) is 12.3 Å². The summed E-state index contributed by atoms with van der Waals surface area (Å²) < 4.78 is 15.6. The van der Waals surface area contributed by atoms with E-state index in [0.29, 0.717) is 4.47 Å². The molecule has 0 atom stereocenters. The normalized spacial score (nSPS) is 10.8. The molecule has 1 aromatic carbocycles. The van der Waals surface area contributed by atoms with Gasteiger partial charge in [-0.2, -0.15) is 0 Å². The Morgan fingerprint density at radius 3 is 2.95 bits per heavy atom. The van der Waals surface area contributed by atoms with Crippen LogP contribution in [0, 0.1) is 5.82 Å². The summed E-state index contributed by atoms with van der Waals surface area (Å²) in [5.74, 6) is -0.218. The quantitative estimate of drug-likeness (QED) is 0.791. The second kappa shape index (κ2) is 7.40. The largest absolute Gasteiger partial charge is 0.337 e. The third-order valence-electron chi connectivity index (χ3n) is 2.89. The minimum atomic E-state index is -0.218. The maximum atomic E-state index is 13.0. The van der Waals surface area contributed by atoms with Gasteiger partial charge >= 0.3 is 0 Å². The van der Waals surface area contributed by atoms with Crippen molar-refractivity contribution in [3.63, 3.8) is 0 Å². The third-order valence-corrected chi connectivity index (χ3v) is 3.50. The molecule has 0 fully saturated rings. The minimum Gasteiger partial charge on any atom is -0.337 e. The van der Waals surface area contributed by atoms with Crippen LogP contribution in [0.25, 0.3) is 0 Å². The molecule has 1 heterocycles. The first-order valence-corrected chi connectivity index (χ1v) is 7.15. The van der Waals surface area contributed by atoms with Crippen LogP contribution >= 0.6 is 15.9 Å².